The lowest BCUT2D eigenvalue weighted by atomic mass is 10.2. The highest BCUT2D eigenvalue weighted by atomic mass is 79.9. The highest BCUT2D eigenvalue weighted by Gasteiger charge is 2.16. The average Bonchev–Trinajstić information content (AvgIpc) is 3.26. The largest absolute Gasteiger partial charge is 0.497 e. The van der Waals surface area contributed by atoms with Gasteiger partial charge < -0.3 is 14.2 Å². The number of methoxy groups -OCH3 is 1. The van der Waals surface area contributed by atoms with Crippen LogP contribution >= 0.6 is 27.7 Å². The molecule has 0 aliphatic heterocycles. The van der Waals surface area contributed by atoms with Crippen molar-refractivity contribution in [2.24, 2.45) is 0 Å². The van der Waals surface area contributed by atoms with Crippen LogP contribution in [0.15, 0.2) is 82.4 Å². The van der Waals surface area contributed by atoms with Crippen LogP contribution < -0.4 is 14.2 Å². The number of hydrogen-bond donors (Lipinski definition) is 0. The molecule has 0 saturated heterocycles. The third-order valence-corrected chi connectivity index (χ3v) is 6.32. The molecule has 1 aromatic heterocycles. The molecule has 0 spiro atoms. The average molecular weight is 526 g/mol. The van der Waals surface area contributed by atoms with Gasteiger partial charge in [0.25, 0.3) is 0 Å². The van der Waals surface area contributed by atoms with Crippen LogP contribution in [0.4, 0.5) is 0 Å². The molecule has 0 radical (unpaired) electrons. The van der Waals surface area contributed by atoms with Gasteiger partial charge in [0.05, 0.1) is 13.7 Å². The summed E-state index contributed by atoms with van der Waals surface area (Å²) in [5.41, 5.74) is 2.10. The van der Waals surface area contributed by atoms with Gasteiger partial charge >= 0.3 is 0 Å². The number of aromatic nitrogens is 3. The second-order valence-electron chi connectivity index (χ2n) is 7.04. The van der Waals surface area contributed by atoms with E-state index in [1.54, 1.807) is 18.9 Å². The van der Waals surface area contributed by atoms with Crippen molar-refractivity contribution in [3.8, 4) is 22.9 Å². The monoisotopic (exact) mass is 525 g/mol. The Hall–Kier alpha value is -2.97. The minimum Gasteiger partial charge on any atom is -0.497 e. The molecule has 8 heteroatoms. The Morgan fingerprint density at radius 2 is 1.61 bits per heavy atom. The Balaban J connectivity index is 1.58. The van der Waals surface area contributed by atoms with Crippen molar-refractivity contribution in [3.63, 3.8) is 0 Å². The first-order valence-corrected chi connectivity index (χ1v) is 12.3. The Bertz CT molecular complexity index is 1180. The molecule has 3 aromatic carbocycles. The summed E-state index contributed by atoms with van der Waals surface area (Å²) in [5.74, 6) is 3.89. The SMILES string of the molecule is CCOc1ccc(-n2c(COc3ccc(Br)cc3)nnc2SCc2cccc(OC)c2)cc1. The Morgan fingerprint density at radius 3 is 2.33 bits per heavy atom. The topological polar surface area (TPSA) is 58.4 Å². The maximum Gasteiger partial charge on any atom is 0.196 e. The van der Waals surface area contributed by atoms with E-state index < -0.39 is 0 Å². The van der Waals surface area contributed by atoms with Crippen LogP contribution in [0.25, 0.3) is 5.69 Å². The summed E-state index contributed by atoms with van der Waals surface area (Å²) in [4.78, 5) is 0. The molecule has 33 heavy (non-hydrogen) atoms. The van der Waals surface area contributed by atoms with Crippen molar-refractivity contribution in [2.45, 2.75) is 24.4 Å². The minimum atomic E-state index is 0.293. The number of hydrogen-bond acceptors (Lipinski definition) is 6. The summed E-state index contributed by atoms with van der Waals surface area (Å²) in [5, 5.41) is 9.68. The van der Waals surface area contributed by atoms with Crippen LogP contribution in [0, 0.1) is 0 Å². The molecule has 0 aliphatic carbocycles. The van der Waals surface area contributed by atoms with Crippen LogP contribution in [-0.4, -0.2) is 28.5 Å². The highest BCUT2D eigenvalue weighted by Crippen LogP contribution is 2.28. The predicted octanol–water partition coefficient (Wildman–Crippen LogP) is 6.31. The smallest absolute Gasteiger partial charge is 0.196 e. The summed E-state index contributed by atoms with van der Waals surface area (Å²) in [6, 6.07) is 23.7. The maximum atomic E-state index is 5.98. The first-order chi connectivity index (χ1) is 16.2. The van der Waals surface area contributed by atoms with Crippen LogP contribution in [-0.2, 0) is 12.4 Å². The molecular formula is C25H24BrN3O3S. The highest BCUT2D eigenvalue weighted by molar-refractivity contribution is 9.10. The van der Waals surface area contributed by atoms with Gasteiger partial charge in [-0.2, -0.15) is 0 Å². The standard InChI is InChI=1S/C25H24BrN3O3S/c1-3-31-21-13-9-20(10-14-21)29-24(16-32-22-11-7-19(26)8-12-22)27-28-25(29)33-17-18-5-4-6-23(15-18)30-2/h4-15H,3,16-17H2,1-2H3. The molecule has 0 atom stereocenters. The molecule has 0 fully saturated rings. The van der Waals surface area contributed by atoms with E-state index in [1.807, 2.05) is 78.2 Å². The Labute approximate surface area is 206 Å². The van der Waals surface area contributed by atoms with Crippen LogP contribution in [0.2, 0.25) is 0 Å². The van der Waals surface area contributed by atoms with E-state index in [2.05, 4.69) is 32.2 Å². The summed E-state index contributed by atoms with van der Waals surface area (Å²) in [7, 11) is 1.67. The van der Waals surface area contributed by atoms with Crippen molar-refractivity contribution in [1.82, 2.24) is 14.8 Å². The van der Waals surface area contributed by atoms with Crippen LogP contribution in [0.5, 0.6) is 17.2 Å². The fraction of sp³-hybridized carbons (Fsp3) is 0.200. The third kappa shape index (κ3) is 6.09. The van der Waals surface area contributed by atoms with Crippen molar-refractivity contribution in [1.29, 1.82) is 0 Å². The molecule has 0 bridgehead atoms. The molecule has 0 unspecified atom stereocenters. The maximum absolute atomic E-state index is 5.98. The Kier molecular flexibility index (Phi) is 7.91. The van der Waals surface area contributed by atoms with Gasteiger partial charge in [0.15, 0.2) is 11.0 Å². The molecule has 0 amide bonds. The first kappa shape index (κ1) is 23.2. The zero-order chi connectivity index (χ0) is 23.0. The predicted molar refractivity (Wildman–Crippen MR) is 134 cm³/mol. The van der Waals surface area contributed by atoms with E-state index in [1.165, 1.54) is 0 Å². The summed E-state index contributed by atoms with van der Waals surface area (Å²) < 4.78 is 20.0. The zero-order valence-corrected chi connectivity index (χ0v) is 20.8. The molecule has 0 aliphatic rings. The van der Waals surface area contributed by atoms with Crippen molar-refractivity contribution >= 4 is 27.7 Å². The number of thioether (sulfide) groups is 1. The number of ether oxygens (including phenoxy) is 3. The van der Waals surface area contributed by atoms with Crippen LogP contribution in [0.1, 0.15) is 18.3 Å². The lowest BCUT2D eigenvalue weighted by molar-refractivity contribution is 0.292. The van der Waals surface area contributed by atoms with Gasteiger partial charge in [-0.1, -0.05) is 39.8 Å². The van der Waals surface area contributed by atoms with Gasteiger partial charge in [0.1, 0.15) is 23.9 Å². The molecule has 4 aromatic rings. The minimum absolute atomic E-state index is 0.293. The van der Waals surface area contributed by atoms with E-state index in [0.29, 0.717) is 13.2 Å². The van der Waals surface area contributed by atoms with Gasteiger partial charge in [0, 0.05) is 15.9 Å². The third-order valence-electron chi connectivity index (χ3n) is 4.79. The second-order valence-corrected chi connectivity index (χ2v) is 8.90. The van der Waals surface area contributed by atoms with E-state index in [-0.39, 0.29) is 0 Å². The molecule has 0 N–H and O–H groups in total. The van der Waals surface area contributed by atoms with E-state index in [0.717, 1.165) is 49.7 Å². The fourth-order valence-electron chi connectivity index (χ4n) is 3.19. The van der Waals surface area contributed by atoms with E-state index in [9.17, 15) is 0 Å². The number of rotatable bonds is 10. The first-order valence-electron chi connectivity index (χ1n) is 10.5. The van der Waals surface area contributed by atoms with Gasteiger partial charge in [0.2, 0.25) is 0 Å². The summed E-state index contributed by atoms with van der Waals surface area (Å²) >= 11 is 5.06. The van der Waals surface area contributed by atoms with E-state index >= 15 is 0 Å². The van der Waals surface area contributed by atoms with Gasteiger partial charge in [-0.05, 0) is 73.2 Å². The van der Waals surface area contributed by atoms with Crippen molar-refractivity contribution < 1.29 is 14.2 Å². The van der Waals surface area contributed by atoms with Gasteiger partial charge in [-0.15, -0.1) is 10.2 Å². The molecule has 170 valence electrons. The zero-order valence-electron chi connectivity index (χ0n) is 18.4. The molecule has 0 saturated carbocycles. The Morgan fingerprint density at radius 1 is 0.879 bits per heavy atom. The quantitative estimate of drug-likeness (QED) is 0.226. The number of nitrogens with zero attached hydrogens (tertiary/aromatic N) is 3. The molecule has 1 heterocycles. The summed E-state index contributed by atoms with van der Waals surface area (Å²) in [6.07, 6.45) is 0. The van der Waals surface area contributed by atoms with Crippen LogP contribution in [0.3, 0.4) is 0 Å². The molecule has 6 nitrogen and oxygen atoms in total. The lowest BCUT2D eigenvalue weighted by Gasteiger charge is -2.12. The number of benzene rings is 3. The number of halogens is 1. The lowest BCUT2D eigenvalue weighted by Crippen LogP contribution is -2.07. The van der Waals surface area contributed by atoms with Gasteiger partial charge in [-0.25, -0.2) is 0 Å². The second kappa shape index (κ2) is 11.2. The van der Waals surface area contributed by atoms with Crippen molar-refractivity contribution in [2.75, 3.05) is 13.7 Å². The molecular weight excluding hydrogens is 502 g/mol. The van der Waals surface area contributed by atoms with E-state index in [4.69, 9.17) is 14.2 Å². The van der Waals surface area contributed by atoms with Crippen molar-refractivity contribution in [3.05, 3.63) is 88.7 Å². The molecule has 4 rings (SSSR count). The fourth-order valence-corrected chi connectivity index (χ4v) is 4.37. The van der Waals surface area contributed by atoms with Gasteiger partial charge in [-0.3, -0.25) is 4.57 Å². The normalized spacial score (nSPS) is 10.8. The summed E-state index contributed by atoms with van der Waals surface area (Å²) in [6.45, 7) is 2.89.